The van der Waals surface area contributed by atoms with Crippen molar-refractivity contribution >= 4 is 5.91 Å². The van der Waals surface area contributed by atoms with E-state index in [1.54, 1.807) is 12.3 Å². The number of pyridine rings is 1. The number of rotatable bonds is 5. The molecule has 0 aromatic carbocycles. The molecule has 0 atom stereocenters. The molecule has 3 heterocycles. The largest absolute Gasteiger partial charge is 0.373 e. The van der Waals surface area contributed by atoms with E-state index in [9.17, 15) is 4.79 Å². The zero-order chi connectivity index (χ0) is 16.9. The van der Waals surface area contributed by atoms with Crippen LogP contribution in [0.25, 0.3) is 0 Å². The molecule has 3 rings (SSSR count). The van der Waals surface area contributed by atoms with Crippen molar-refractivity contribution in [3.05, 3.63) is 48.0 Å². The van der Waals surface area contributed by atoms with Crippen molar-refractivity contribution in [2.24, 2.45) is 0 Å². The van der Waals surface area contributed by atoms with Gasteiger partial charge < -0.3 is 9.64 Å². The summed E-state index contributed by atoms with van der Waals surface area (Å²) >= 11 is 0. The maximum absolute atomic E-state index is 12.5. The number of carbonyl (C=O) groups is 1. The third-order valence-corrected chi connectivity index (χ3v) is 4.29. The molecule has 1 fully saturated rings. The monoisotopic (exact) mass is 328 g/mol. The van der Waals surface area contributed by atoms with E-state index in [-0.39, 0.29) is 18.1 Å². The molecule has 2 aromatic rings. The smallest absolute Gasteiger partial charge is 0.274 e. The number of piperidine rings is 1. The molecule has 0 N–H and O–H groups in total. The van der Waals surface area contributed by atoms with Crippen LogP contribution in [0.2, 0.25) is 0 Å². The van der Waals surface area contributed by atoms with Crippen molar-refractivity contribution in [3.63, 3.8) is 0 Å². The summed E-state index contributed by atoms with van der Waals surface area (Å²) in [5.74, 6) is 0.0140. The Bertz CT molecular complexity index is 661. The second-order valence-electron chi connectivity index (χ2n) is 6.44. The van der Waals surface area contributed by atoms with Crippen molar-refractivity contribution in [2.45, 2.75) is 45.4 Å². The Morgan fingerprint density at radius 1 is 1.33 bits per heavy atom. The van der Waals surface area contributed by atoms with Gasteiger partial charge in [-0.3, -0.25) is 14.5 Å². The number of hydrogen-bond acceptors (Lipinski definition) is 4. The van der Waals surface area contributed by atoms with Gasteiger partial charge in [-0.15, -0.1) is 0 Å². The quantitative estimate of drug-likeness (QED) is 0.847. The summed E-state index contributed by atoms with van der Waals surface area (Å²) in [6, 6.07) is 5.98. The summed E-state index contributed by atoms with van der Waals surface area (Å²) in [6.07, 6.45) is 7.36. The fraction of sp³-hybridized carbons (Fsp3) is 0.500. The van der Waals surface area contributed by atoms with Crippen LogP contribution >= 0.6 is 0 Å². The van der Waals surface area contributed by atoms with Gasteiger partial charge in [-0.05, 0) is 44.4 Å². The molecule has 24 heavy (non-hydrogen) atoms. The maximum atomic E-state index is 12.5. The molecule has 1 amide bonds. The number of ether oxygens (including phenoxy) is 1. The number of likely N-dealkylation sites (tertiary alicyclic amines) is 1. The Balaban J connectivity index is 1.48. The molecule has 0 unspecified atom stereocenters. The van der Waals surface area contributed by atoms with Gasteiger partial charge in [0, 0.05) is 37.7 Å². The van der Waals surface area contributed by atoms with Crippen LogP contribution in [0, 0.1) is 0 Å². The normalized spacial score (nSPS) is 15.9. The average Bonchev–Trinajstić information content (AvgIpc) is 3.11. The molecule has 2 aromatic heterocycles. The summed E-state index contributed by atoms with van der Waals surface area (Å²) in [4.78, 5) is 18.5. The number of hydrogen-bond donors (Lipinski definition) is 0. The van der Waals surface area contributed by atoms with Crippen molar-refractivity contribution < 1.29 is 9.53 Å². The molecule has 1 aliphatic rings. The van der Waals surface area contributed by atoms with Crippen molar-refractivity contribution in [1.82, 2.24) is 19.7 Å². The molecule has 128 valence electrons. The number of carbonyl (C=O) groups excluding carboxylic acids is 1. The van der Waals surface area contributed by atoms with Gasteiger partial charge in [0.1, 0.15) is 5.69 Å². The lowest BCUT2D eigenvalue weighted by Gasteiger charge is -2.31. The van der Waals surface area contributed by atoms with Crippen molar-refractivity contribution in [2.75, 3.05) is 13.1 Å². The number of aromatic nitrogens is 3. The van der Waals surface area contributed by atoms with Crippen LogP contribution in [-0.4, -0.2) is 44.8 Å². The summed E-state index contributed by atoms with van der Waals surface area (Å²) in [7, 11) is 0. The average molecular weight is 328 g/mol. The lowest BCUT2D eigenvalue weighted by molar-refractivity contribution is -0.000616. The zero-order valence-corrected chi connectivity index (χ0v) is 14.3. The predicted octanol–water partition coefficient (Wildman–Crippen LogP) is 2.68. The van der Waals surface area contributed by atoms with E-state index in [1.165, 1.54) is 0 Å². The zero-order valence-electron chi connectivity index (χ0n) is 14.3. The van der Waals surface area contributed by atoms with E-state index in [0.29, 0.717) is 25.4 Å². The van der Waals surface area contributed by atoms with Crippen LogP contribution in [0.1, 0.15) is 48.8 Å². The summed E-state index contributed by atoms with van der Waals surface area (Å²) in [5.41, 5.74) is 1.61. The van der Waals surface area contributed by atoms with Gasteiger partial charge >= 0.3 is 0 Å². The van der Waals surface area contributed by atoms with E-state index in [0.717, 1.165) is 18.4 Å². The highest BCUT2D eigenvalue weighted by Crippen LogP contribution is 2.17. The van der Waals surface area contributed by atoms with Gasteiger partial charge in [0.25, 0.3) is 5.91 Å². The Kier molecular flexibility index (Phi) is 5.25. The molecule has 6 heteroatoms. The van der Waals surface area contributed by atoms with Gasteiger partial charge in [-0.25, -0.2) is 0 Å². The highest BCUT2D eigenvalue weighted by atomic mass is 16.5. The van der Waals surface area contributed by atoms with Crippen LogP contribution in [0.5, 0.6) is 0 Å². The molecule has 0 radical (unpaired) electrons. The van der Waals surface area contributed by atoms with Gasteiger partial charge in [0.2, 0.25) is 0 Å². The third-order valence-electron chi connectivity index (χ3n) is 4.29. The minimum Gasteiger partial charge on any atom is -0.373 e. The van der Waals surface area contributed by atoms with Crippen LogP contribution < -0.4 is 0 Å². The molecule has 0 aliphatic carbocycles. The van der Waals surface area contributed by atoms with Gasteiger partial charge in [0.15, 0.2) is 0 Å². The summed E-state index contributed by atoms with van der Waals surface area (Å²) in [5, 5.41) is 4.37. The minimum atomic E-state index is 0.0140. The van der Waals surface area contributed by atoms with E-state index in [1.807, 2.05) is 48.0 Å². The Morgan fingerprint density at radius 2 is 2.12 bits per heavy atom. The second-order valence-corrected chi connectivity index (χ2v) is 6.44. The predicted molar refractivity (Wildman–Crippen MR) is 90.6 cm³/mol. The van der Waals surface area contributed by atoms with Crippen LogP contribution in [0.15, 0.2) is 36.8 Å². The van der Waals surface area contributed by atoms with Crippen LogP contribution in [0.4, 0.5) is 0 Å². The van der Waals surface area contributed by atoms with E-state index in [4.69, 9.17) is 4.74 Å². The molecule has 0 saturated carbocycles. The Labute approximate surface area is 142 Å². The molecule has 6 nitrogen and oxygen atoms in total. The first-order valence-corrected chi connectivity index (χ1v) is 8.48. The number of amides is 1. The van der Waals surface area contributed by atoms with Crippen molar-refractivity contribution in [3.8, 4) is 0 Å². The maximum Gasteiger partial charge on any atom is 0.274 e. The minimum absolute atomic E-state index is 0.0140. The van der Waals surface area contributed by atoms with Gasteiger partial charge in [0.05, 0.1) is 12.7 Å². The van der Waals surface area contributed by atoms with Crippen LogP contribution in [-0.2, 0) is 11.3 Å². The highest BCUT2D eigenvalue weighted by molar-refractivity contribution is 5.92. The van der Waals surface area contributed by atoms with Crippen molar-refractivity contribution in [1.29, 1.82) is 0 Å². The lowest BCUT2D eigenvalue weighted by Crippen LogP contribution is -2.41. The molecule has 0 spiro atoms. The SMILES string of the molecule is CC(C)n1ccc(C(=O)N2CCC(OCc3cccnc3)CC2)n1. The standard InChI is InChI=1S/C18H24N4O2/c1-14(2)22-11-7-17(20-22)18(23)21-9-5-16(6-10-21)24-13-15-4-3-8-19-12-15/h3-4,7-8,11-12,14,16H,5-6,9-10,13H2,1-2H3. The topological polar surface area (TPSA) is 60.2 Å². The summed E-state index contributed by atoms with van der Waals surface area (Å²) in [6.45, 7) is 6.10. The van der Waals surface area contributed by atoms with Crippen LogP contribution in [0.3, 0.4) is 0 Å². The lowest BCUT2D eigenvalue weighted by atomic mass is 10.1. The van der Waals surface area contributed by atoms with E-state index in [2.05, 4.69) is 10.1 Å². The molecule has 1 aliphatic heterocycles. The number of nitrogens with zero attached hydrogens (tertiary/aromatic N) is 4. The molecular weight excluding hydrogens is 304 g/mol. The molecular formula is C18H24N4O2. The van der Waals surface area contributed by atoms with E-state index < -0.39 is 0 Å². The Morgan fingerprint density at radius 3 is 2.75 bits per heavy atom. The molecule has 1 saturated heterocycles. The van der Waals surface area contributed by atoms with E-state index >= 15 is 0 Å². The highest BCUT2D eigenvalue weighted by Gasteiger charge is 2.25. The first-order chi connectivity index (χ1) is 11.6. The Hall–Kier alpha value is -2.21. The van der Waals surface area contributed by atoms with Gasteiger partial charge in [-0.2, -0.15) is 5.10 Å². The summed E-state index contributed by atoms with van der Waals surface area (Å²) < 4.78 is 7.76. The third kappa shape index (κ3) is 4.00. The first kappa shape index (κ1) is 16.6. The fourth-order valence-corrected chi connectivity index (χ4v) is 2.82. The fourth-order valence-electron chi connectivity index (χ4n) is 2.82. The molecule has 0 bridgehead atoms. The second kappa shape index (κ2) is 7.57. The first-order valence-electron chi connectivity index (χ1n) is 8.48. The van der Waals surface area contributed by atoms with Gasteiger partial charge in [-0.1, -0.05) is 6.07 Å².